The first-order chi connectivity index (χ1) is 11.7. The molecule has 1 saturated carbocycles. The van der Waals surface area contributed by atoms with Crippen LogP contribution in [0.5, 0.6) is 0 Å². The SMILES string of the molecule is C[C@]1(O)C[C@@H](C(=O)N2CCC(Cc3ccccc3C(F)(F)F)CC2)C1. The third kappa shape index (κ3) is 4.17. The molecule has 1 amide bonds. The van der Waals surface area contributed by atoms with E-state index in [2.05, 4.69) is 0 Å². The maximum Gasteiger partial charge on any atom is 0.416 e. The largest absolute Gasteiger partial charge is 0.416 e. The van der Waals surface area contributed by atoms with Crippen molar-refractivity contribution in [3.63, 3.8) is 0 Å². The zero-order chi connectivity index (χ0) is 18.2. The van der Waals surface area contributed by atoms with Crippen LogP contribution in [-0.2, 0) is 17.4 Å². The zero-order valence-corrected chi connectivity index (χ0v) is 14.4. The first-order valence-electron chi connectivity index (χ1n) is 8.82. The third-order valence-electron chi connectivity index (χ3n) is 5.48. The van der Waals surface area contributed by atoms with Crippen LogP contribution < -0.4 is 0 Å². The van der Waals surface area contributed by atoms with E-state index >= 15 is 0 Å². The van der Waals surface area contributed by atoms with E-state index in [0.29, 0.717) is 37.9 Å². The molecular weight excluding hydrogens is 331 g/mol. The van der Waals surface area contributed by atoms with E-state index < -0.39 is 17.3 Å². The van der Waals surface area contributed by atoms with Gasteiger partial charge in [0.05, 0.1) is 11.2 Å². The van der Waals surface area contributed by atoms with Crippen molar-refractivity contribution in [2.45, 2.75) is 50.8 Å². The van der Waals surface area contributed by atoms with Gasteiger partial charge in [-0.3, -0.25) is 4.79 Å². The van der Waals surface area contributed by atoms with Crippen LogP contribution in [0.15, 0.2) is 24.3 Å². The second kappa shape index (κ2) is 6.63. The molecule has 138 valence electrons. The quantitative estimate of drug-likeness (QED) is 0.899. The fraction of sp³-hybridized carbons (Fsp3) is 0.632. The average molecular weight is 355 g/mol. The van der Waals surface area contributed by atoms with Gasteiger partial charge in [-0.15, -0.1) is 0 Å². The summed E-state index contributed by atoms with van der Waals surface area (Å²) < 4.78 is 39.3. The van der Waals surface area contributed by atoms with E-state index in [0.717, 1.165) is 18.9 Å². The van der Waals surface area contributed by atoms with E-state index in [4.69, 9.17) is 0 Å². The molecule has 2 aliphatic rings. The number of amides is 1. The predicted molar refractivity (Wildman–Crippen MR) is 87.8 cm³/mol. The van der Waals surface area contributed by atoms with Crippen LogP contribution in [0.1, 0.15) is 43.7 Å². The molecule has 0 aromatic heterocycles. The van der Waals surface area contributed by atoms with Crippen molar-refractivity contribution < 1.29 is 23.1 Å². The third-order valence-corrected chi connectivity index (χ3v) is 5.48. The van der Waals surface area contributed by atoms with Crippen LogP contribution in [-0.4, -0.2) is 34.6 Å². The molecule has 0 atom stereocenters. The van der Waals surface area contributed by atoms with E-state index in [9.17, 15) is 23.1 Å². The number of likely N-dealkylation sites (tertiary alicyclic amines) is 1. The number of rotatable bonds is 3. The van der Waals surface area contributed by atoms with Gasteiger partial charge in [0.15, 0.2) is 0 Å². The number of carbonyl (C=O) groups excluding carboxylic acids is 1. The molecule has 1 aromatic rings. The Kier molecular flexibility index (Phi) is 4.84. The number of piperidine rings is 1. The van der Waals surface area contributed by atoms with Crippen molar-refractivity contribution >= 4 is 5.91 Å². The summed E-state index contributed by atoms with van der Waals surface area (Å²) in [4.78, 5) is 14.2. The minimum absolute atomic E-state index is 0.0840. The summed E-state index contributed by atoms with van der Waals surface area (Å²) in [6.07, 6.45) is -1.47. The van der Waals surface area contributed by atoms with Crippen LogP contribution in [0.25, 0.3) is 0 Å². The van der Waals surface area contributed by atoms with Gasteiger partial charge in [-0.25, -0.2) is 0 Å². The molecule has 0 bridgehead atoms. The molecule has 1 aliphatic heterocycles. The van der Waals surface area contributed by atoms with Gasteiger partial charge in [0.2, 0.25) is 5.91 Å². The van der Waals surface area contributed by atoms with E-state index in [1.165, 1.54) is 6.07 Å². The lowest BCUT2D eigenvalue weighted by Gasteiger charge is -2.43. The Bertz CT molecular complexity index is 626. The fourth-order valence-electron chi connectivity index (χ4n) is 4.08. The molecule has 3 rings (SSSR count). The second-order valence-electron chi connectivity index (χ2n) is 7.73. The molecule has 0 spiro atoms. The van der Waals surface area contributed by atoms with Gasteiger partial charge in [0.25, 0.3) is 0 Å². The number of hydrogen-bond donors (Lipinski definition) is 1. The molecule has 1 N–H and O–H groups in total. The van der Waals surface area contributed by atoms with Crippen LogP contribution in [0.3, 0.4) is 0 Å². The molecule has 1 saturated heterocycles. The van der Waals surface area contributed by atoms with Gasteiger partial charge in [0, 0.05) is 19.0 Å². The molecule has 25 heavy (non-hydrogen) atoms. The summed E-state index contributed by atoms with van der Waals surface area (Å²) in [5.74, 6) is 0.148. The van der Waals surface area contributed by atoms with Crippen LogP contribution in [0, 0.1) is 11.8 Å². The fourth-order valence-corrected chi connectivity index (χ4v) is 4.08. The first kappa shape index (κ1) is 18.2. The predicted octanol–water partition coefficient (Wildman–Crippen LogP) is 3.65. The molecule has 1 heterocycles. The minimum Gasteiger partial charge on any atom is -0.390 e. The number of carbonyl (C=O) groups is 1. The maximum absolute atomic E-state index is 13.1. The Morgan fingerprint density at radius 3 is 2.40 bits per heavy atom. The van der Waals surface area contributed by atoms with Crippen molar-refractivity contribution in [3.8, 4) is 0 Å². The highest BCUT2D eigenvalue weighted by Crippen LogP contribution is 2.39. The van der Waals surface area contributed by atoms with Crippen molar-refractivity contribution in [2.24, 2.45) is 11.8 Å². The lowest BCUT2D eigenvalue weighted by molar-refractivity contribution is -0.151. The molecule has 0 radical (unpaired) electrons. The number of benzene rings is 1. The summed E-state index contributed by atoms with van der Waals surface area (Å²) in [6.45, 7) is 2.92. The Morgan fingerprint density at radius 2 is 1.84 bits per heavy atom. The van der Waals surface area contributed by atoms with Crippen molar-refractivity contribution in [2.75, 3.05) is 13.1 Å². The molecule has 1 aromatic carbocycles. The zero-order valence-electron chi connectivity index (χ0n) is 14.4. The minimum atomic E-state index is -4.32. The first-order valence-corrected chi connectivity index (χ1v) is 8.82. The summed E-state index contributed by atoms with van der Waals surface area (Å²) in [7, 11) is 0. The van der Waals surface area contributed by atoms with E-state index in [1.807, 2.05) is 4.90 Å². The van der Waals surface area contributed by atoms with Crippen LogP contribution >= 0.6 is 0 Å². The maximum atomic E-state index is 13.1. The van der Waals surface area contributed by atoms with Crippen molar-refractivity contribution in [3.05, 3.63) is 35.4 Å². The second-order valence-corrected chi connectivity index (χ2v) is 7.73. The number of halogens is 3. The molecule has 6 heteroatoms. The van der Waals surface area contributed by atoms with Gasteiger partial charge in [-0.2, -0.15) is 13.2 Å². The Hall–Kier alpha value is -1.56. The van der Waals surface area contributed by atoms with Gasteiger partial charge in [-0.05, 0) is 56.6 Å². The Labute approximate surface area is 145 Å². The smallest absolute Gasteiger partial charge is 0.390 e. The van der Waals surface area contributed by atoms with Gasteiger partial charge >= 0.3 is 6.18 Å². The molecule has 0 unspecified atom stereocenters. The number of alkyl halides is 3. The summed E-state index contributed by atoms with van der Waals surface area (Å²) in [5, 5.41) is 9.77. The summed E-state index contributed by atoms with van der Waals surface area (Å²) >= 11 is 0. The highest BCUT2D eigenvalue weighted by atomic mass is 19.4. The normalized spacial score (nSPS) is 27.9. The summed E-state index contributed by atoms with van der Waals surface area (Å²) in [6, 6.07) is 5.75. The Balaban J connectivity index is 1.55. The van der Waals surface area contributed by atoms with E-state index in [-0.39, 0.29) is 17.7 Å². The van der Waals surface area contributed by atoms with E-state index in [1.54, 1.807) is 19.1 Å². The highest BCUT2D eigenvalue weighted by Gasteiger charge is 2.44. The summed E-state index contributed by atoms with van der Waals surface area (Å²) in [5.41, 5.74) is -0.931. The Morgan fingerprint density at radius 1 is 1.24 bits per heavy atom. The number of aliphatic hydroxyl groups is 1. The number of nitrogens with zero attached hydrogens (tertiary/aromatic N) is 1. The lowest BCUT2D eigenvalue weighted by atomic mass is 9.71. The van der Waals surface area contributed by atoms with Gasteiger partial charge < -0.3 is 10.0 Å². The van der Waals surface area contributed by atoms with Crippen molar-refractivity contribution in [1.29, 1.82) is 0 Å². The molecule has 3 nitrogen and oxygen atoms in total. The van der Waals surface area contributed by atoms with Crippen molar-refractivity contribution in [1.82, 2.24) is 4.90 Å². The standard InChI is InChI=1S/C19H24F3NO2/c1-18(25)11-15(12-18)17(24)23-8-6-13(7-9-23)10-14-4-2-3-5-16(14)19(20,21)22/h2-5,13,15,25H,6-12H2,1H3/t15-,18+. The molecular formula is C19H24F3NO2. The van der Waals surface area contributed by atoms with Gasteiger partial charge in [0.1, 0.15) is 0 Å². The monoisotopic (exact) mass is 355 g/mol. The highest BCUT2D eigenvalue weighted by molar-refractivity contribution is 5.80. The van der Waals surface area contributed by atoms with Crippen LogP contribution in [0.2, 0.25) is 0 Å². The molecule has 2 fully saturated rings. The van der Waals surface area contributed by atoms with Gasteiger partial charge in [-0.1, -0.05) is 18.2 Å². The topological polar surface area (TPSA) is 40.5 Å². The average Bonchev–Trinajstić information content (AvgIpc) is 2.52. The number of hydrogen-bond acceptors (Lipinski definition) is 2. The lowest BCUT2D eigenvalue weighted by Crippen LogP contribution is -2.51. The van der Waals surface area contributed by atoms with Crippen LogP contribution in [0.4, 0.5) is 13.2 Å². The molecule has 1 aliphatic carbocycles.